The lowest BCUT2D eigenvalue weighted by atomic mass is 10.4. The number of pyridine rings is 1. The van der Waals surface area contributed by atoms with Gasteiger partial charge in [0.2, 0.25) is 5.89 Å². The zero-order valence-corrected chi connectivity index (χ0v) is 10.4. The normalized spacial score (nSPS) is 10.5. The van der Waals surface area contributed by atoms with Crippen LogP contribution in [0.15, 0.2) is 32.4 Å². The first-order valence-electron chi connectivity index (χ1n) is 4.28. The molecule has 2 heterocycles. The van der Waals surface area contributed by atoms with E-state index in [1.165, 1.54) is 11.8 Å². The Hall–Kier alpha value is -0.880. The van der Waals surface area contributed by atoms with Crippen molar-refractivity contribution in [3.63, 3.8) is 0 Å². The van der Waals surface area contributed by atoms with E-state index in [4.69, 9.17) is 4.42 Å². The van der Waals surface area contributed by atoms with Crippen LogP contribution in [-0.2, 0) is 5.75 Å². The van der Waals surface area contributed by atoms with Crippen LogP contribution in [0.5, 0.6) is 0 Å². The third-order valence-corrected chi connectivity index (χ3v) is 3.23. The molecule has 0 bridgehead atoms. The summed E-state index contributed by atoms with van der Waals surface area (Å²) in [5, 5.41) is 8.22. The van der Waals surface area contributed by atoms with Gasteiger partial charge in [-0.25, -0.2) is 0 Å². The Morgan fingerprint density at radius 2 is 2.33 bits per heavy atom. The molecule has 0 unspecified atom stereocenters. The van der Waals surface area contributed by atoms with Crippen LogP contribution in [-0.4, -0.2) is 15.2 Å². The predicted octanol–water partition coefficient (Wildman–Crippen LogP) is 2.83. The molecule has 0 saturated carbocycles. The Morgan fingerprint density at radius 1 is 1.47 bits per heavy atom. The molecular weight excluding hydrogens is 278 g/mol. The smallest absolute Gasteiger partial charge is 0.276 e. The van der Waals surface area contributed by atoms with E-state index in [9.17, 15) is 0 Å². The summed E-state index contributed by atoms with van der Waals surface area (Å²) in [6, 6.07) is 3.84. The molecule has 0 aromatic carbocycles. The van der Waals surface area contributed by atoms with Gasteiger partial charge in [-0.2, -0.15) is 0 Å². The Labute approximate surface area is 99.6 Å². The first-order valence-corrected chi connectivity index (χ1v) is 6.06. The highest BCUT2D eigenvalue weighted by Crippen LogP contribution is 2.24. The minimum Gasteiger partial charge on any atom is -0.416 e. The highest BCUT2D eigenvalue weighted by Gasteiger charge is 2.06. The van der Waals surface area contributed by atoms with Crippen molar-refractivity contribution in [1.29, 1.82) is 0 Å². The number of hydrogen-bond acceptors (Lipinski definition) is 5. The van der Waals surface area contributed by atoms with Crippen LogP contribution >= 0.6 is 27.7 Å². The molecule has 0 amide bonds. The van der Waals surface area contributed by atoms with Gasteiger partial charge in [0.15, 0.2) is 0 Å². The summed E-state index contributed by atoms with van der Waals surface area (Å²) in [4.78, 5) is 4.24. The first kappa shape index (κ1) is 10.6. The Kier molecular flexibility index (Phi) is 3.37. The summed E-state index contributed by atoms with van der Waals surface area (Å²) in [5.74, 6) is 1.29. The van der Waals surface area contributed by atoms with Crippen molar-refractivity contribution in [1.82, 2.24) is 15.2 Å². The highest BCUT2D eigenvalue weighted by molar-refractivity contribution is 9.10. The summed E-state index contributed by atoms with van der Waals surface area (Å²) in [6.07, 6.45) is 1.76. The summed E-state index contributed by atoms with van der Waals surface area (Å²) in [5.41, 5.74) is 0.971. The Balaban J connectivity index is 2.02. The SMILES string of the molecule is Cc1nnc(SCc2ncccc2Br)o1. The molecular formula is C9H8BrN3OS. The zero-order chi connectivity index (χ0) is 10.7. The summed E-state index contributed by atoms with van der Waals surface area (Å²) >= 11 is 4.91. The van der Waals surface area contributed by atoms with Crippen molar-refractivity contribution >= 4 is 27.7 Å². The van der Waals surface area contributed by atoms with Crippen LogP contribution in [0.2, 0.25) is 0 Å². The quantitative estimate of drug-likeness (QED) is 0.812. The van der Waals surface area contributed by atoms with Crippen molar-refractivity contribution in [2.45, 2.75) is 17.9 Å². The fourth-order valence-electron chi connectivity index (χ4n) is 0.991. The minimum absolute atomic E-state index is 0.574. The van der Waals surface area contributed by atoms with Crippen molar-refractivity contribution in [2.24, 2.45) is 0 Å². The Morgan fingerprint density at radius 3 is 3.00 bits per heavy atom. The van der Waals surface area contributed by atoms with E-state index in [0.29, 0.717) is 16.9 Å². The number of hydrogen-bond donors (Lipinski definition) is 0. The van der Waals surface area contributed by atoms with Gasteiger partial charge in [0.05, 0.1) is 5.69 Å². The van der Waals surface area contributed by atoms with Crippen molar-refractivity contribution in [2.75, 3.05) is 0 Å². The maximum absolute atomic E-state index is 5.24. The monoisotopic (exact) mass is 285 g/mol. The fraction of sp³-hybridized carbons (Fsp3) is 0.222. The van der Waals surface area contributed by atoms with E-state index in [1.54, 1.807) is 13.1 Å². The molecule has 0 N–H and O–H groups in total. The second-order valence-electron chi connectivity index (χ2n) is 2.81. The van der Waals surface area contributed by atoms with E-state index >= 15 is 0 Å². The number of halogens is 1. The number of nitrogens with zero attached hydrogens (tertiary/aromatic N) is 3. The third kappa shape index (κ3) is 2.79. The fourth-order valence-corrected chi connectivity index (χ4v) is 2.34. The molecule has 0 aliphatic rings. The summed E-state index contributed by atoms with van der Waals surface area (Å²) < 4.78 is 6.24. The predicted molar refractivity (Wildman–Crippen MR) is 60.5 cm³/mol. The van der Waals surface area contributed by atoms with Gasteiger partial charge in [-0.05, 0) is 28.1 Å². The lowest BCUT2D eigenvalue weighted by Crippen LogP contribution is -1.87. The Bertz CT molecular complexity index is 460. The zero-order valence-electron chi connectivity index (χ0n) is 7.98. The van der Waals surface area contributed by atoms with Gasteiger partial charge in [-0.15, -0.1) is 10.2 Å². The van der Waals surface area contributed by atoms with E-state index < -0.39 is 0 Å². The van der Waals surface area contributed by atoms with Gasteiger partial charge in [0, 0.05) is 23.3 Å². The van der Waals surface area contributed by atoms with Crippen molar-refractivity contribution in [3.05, 3.63) is 34.4 Å². The molecule has 0 fully saturated rings. The average molecular weight is 286 g/mol. The summed E-state index contributed by atoms with van der Waals surface area (Å²) in [7, 11) is 0. The van der Waals surface area contributed by atoms with Gasteiger partial charge >= 0.3 is 0 Å². The molecule has 2 aromatic heterocycles. The number of rotatable bonds is 3. The largest absolute Gasteiger partial charge is 0.416 e. The standard InChI is InChI=1S/C9H8BrN3OS/c1-6-12-13-9(14-6)15-5-8-7(10)3-2-4-11-8/h2-4H,5H2,1H3. The molecule has 2 rings (SSSR count). The van der Waals surface area contributed by atoms with Gasteiger partial charge in [-0.1, -0.05) is 11.8 Å². The van der Waals surface area contributed by atoms with Crippen LogP contribution < -0.4 is 0 Å². The molecule has 2 aromatic rings. The molecule has 78 valence electrons. The van der Waals surface area contributed by atoms with Gasteiger partial charge in [0.1, 0.15) is 0 Å². The second-order valence-corrected chi connectivity index (χ2v) is 4.59. The lowest BCUT2D eigenvalue weighted by Gasteiger charge is -1.99. The summed E-state index contributed by atoms with van der Waals surface area (Å²) in [6.45, 7) is 1.77. The van der Waals surface area contributed by atoms with Crippen LogP contribution in [0.1, 0.15) is 11.6 Å². The van der Waals surface area contributed by atoms with Gasteiger partial charge in [0.25, 0.3) is 5.22 Å². The highest BCUT2D eigenvalue weighted by atomic mass is 79.9. The minimum atomic E-state index is 0.574. The molecule has 0 saturated heterocycles. The third-order valence-electron chi connectivity index (χ3n) is 1.67. The molecule has 0 atom stereocenters. The van der Waals surface area contributed by atoms with E-state index in [-0.39, 0.29) is 0 Å². The van der Waals surface area contributed by atoms with Crippen molar-refractivity contribution < 1.29 is 4.42 Å². The molecule has 0 aliphatic heterocycles. The average Bonchev–Trinajstić information content (AvgIpc) is 2.63. The van der Waals surface area contributed by atoms with Crippen LogP contribution in [0, 0.1) is 6.92 Å². The van der Waals surface area contributed by atoms with Gasteiger partial charge in [-0.3, -0.25) is 4.98 Å². The lowest BCUT2D eigenvalue weighted by molar-refractivity contribution is 0.429. The van der Waals surface area contributed by atoms with Crippen LogP contribution in [0.3, 0.4) is 0 Å². The molecule has 15 heavy (non-hydrogen) atoms. The molecule has 0 radical (unpaired) electrons. The van der Waals surface area contributed by atoms with Crippen LogP contribution in [0.25, 0.3) is 0 Å². The molecule has 0 aliphatic carbocycles. The van der Waals surface area contributed by atoms with Crippen molar-refractivity contribution in [3.8, 4) is 0 Å². The topological polar surface area (TPSA) is 51.8 Å². The number of aryl methyl sites for hydroxylation is 1. The van der Waals surface area contributed by atoms with E-state index in [0.717, 1.165) is 10.2 Å². The van der Waals surface area contributed by atoms with Gasteiger partial charge < -0.3 is 4.42 Å². The molecule has 4 nitrogen and oxygen atoms in total. The number of thioether (sulfide) groups is 1. The van der Waals surface area contributed by atoms with Crippen LogP contribution in [0.4, 0.5) is 0 Å². The molecule has 6 heteroatoms. The number of aromatic nitrogens is 3. The van der Waals surface area contributed by atoms with E-state index in [2.05, 4.69) is 31.1 Å². The first-order chi connectivity index (χ1) is 7.25. The molecule has 0 spiro atoms. The maximum atomic E-state index is 5.24. The maximum Gasteiger partial charge on any atom is 0.276 e. The second kappa shape index (κ2) is 4.76. The van der Waals surface area contributed by atoms with E-state index in [1.807, 2.05) is 12.1 Å².